The summed E-state index contributed by atoms with van der Waals surface area (Å²) >= 11 is 12.8. The molecular formula is C15H15Br2ClN2O. The Bertz CT molecular complexity index is 635. The molecule has 0 aliphatic carbocycles. The van der Waals surface area contributed by atoms with Gasteiger partial charge in [-0.3, -0.25) is 0 Å². The molecule has 1 heterocycles. The van der Waals surface area contributed by atoms with E-state index in [9.17, 15) is 0 Å². The van der Waals surface area contributed by atoms with Gasteiger partial charge in [-0.15, -0.1) is 0 Å². The smallest absolute Gasteiger partial charge is 0.223 e. The highest BCUT2D eigenvalue weighted by atomic mass is 79.9. The van der Waals surface area contributed by atoms with Crippen molar-refractivity contribution in [3.8, 4) is 11.6 Å². The number of ether oxygens (including phenoxy) is 1. The lowest BCUT2D eigenvalue weighted by molar-refractivity contribution is 0.447. The van der Waals surface area contributed by atoms with Crippen LogP contribution in [0.15, 0.2) is 39.4 Å². The Labute approximate surface area is 146 Å². The zero-order valence-corrected chi connectivity index (χ0v) is 15.6. The van der Waals surface area contributed by atoms with Gasteiger partial charge in [-0.1, -0.05) is 25.4 Å². The van der Waals surface area contributed by atoms with Crippen molar-refractivity contribution in [2.75, 3.05) is 0 Å². The Hall–Kier alpha value is -0.620. The standard InChI is InChI=1S/C15H15Br2ClN2O/c1-9(2)19-7-10-5-11(16)8-20-15(10)21-14-4-3-12(18)6-13(14)17/h3-6,8-9,19H,7H2,1-2H3. The van der Waals surface area contributed by atoms with E-state index < -0.39 is 0 Å². The highest BCUT2D eigenvalue weighted by molar-refractivity contribution is 9.10. The molecule has 0 atom stereocenters. The number of pyridine rings is 1. The number of aromatic nitrogens is 1. The lowest BCUT2D eigenvalue weighted by Gasteiger charge is -2.13. The van der Waals surface area contributed by atoms with Crippen molar-refractivity contribution in [3.05, 3.63) is 50.0 Å². The minimum atomic E-state index is 0.388. The van der Waals surface area contributed by atoms with E-state index in [1.165, 1.54) is 0 Å². The second kappa shape index (κ2) is 7.58. The molecule has 0 spiro atoms. The average Bonchev–Trinajstić information content (AvgIpc) is 2.41. The van der Waals surface area contributed by atoms with Crippen LogP contribution in [-0.2, 0) is 6.54 Å². The number of hydrogen-bond donors (Lipinski definition) is 1. The first-order chi connectivity index (χ1) is 9.95. The summed E-state index contributed by atoms with van der Waals surface area (Å²) in [5, 5.41) is 4.02. The van der Waals surface area contributed by atoms with Gasteiger partial charge in [0.15, 0.2) is 0 Å². The van der Waals surface area contributed by atoms with Crippen LogP contribution in [0.2, 0.25) is 5.02 Å². The number of benzene rings is 1. The fourth-order valence-electron chi connectivity index (χ4n) is 1.66. The van der Waals surface area contributed by atoms with Gasteiger partial charge < -0.3 is 10.1 Å². The molecule has 3 nitrogen and oxygen atoms in total. The Morgan fingerprint density at radius 3 is 2.71 bits per heavy atom. The third-order valence-electron chi connectivity index (χ3n) is 2.69. The second-order valence-corrected chi connectivity index (χ2v) is 7.04. The third kappa shape index (κ3) is 4.95. The first kappa shape index (κ1) is 16.7. The molecule has 1 N–H and O–H groups in total. The van der Waals surface area contributed by atoms with Crippen molar-refractivity contribution in [1.29, 1.82) is 0 Å². The molecular weight excluding hydrogens is 419 g/mol. The van der Waals surface area contributed by atoms with E-state index in [1.807, 2.05) is 12.1 Å². The normalized spacial score (nSPS) is 11.0. The van der Waals surface area contributed by atoms with Crippen LogP contribution in [0.4, 0.5) is 0 Å². The third-order valence-corrected chi connectivity index (χ3v) is 3.98. The molecule has 112 valence electrons. The van der Waals surface area contributed by atoms with Crippen molar-refractivity contribution in [1.82, 2.24) is 10.3 Å². The topological polar surface area (TPSA) is 34.2 Å². The van der Waals surface area contributed by atoms with Gasteiger partial charge >= 0.3 is 0 Å². The Balaban J connectivity index is 2.26. The Morgan fingerprint density at radius 1 is 1.29 bits per heavy atom. The molecule has 1 aromatic heterocycles. The van der Waals surface area contributed by atoms with Crippen molar-refractivity contribution >= 4 is 43.5 Å². The van der Waals surface area contributed by atoms with E-state index >= 15 is 0 Å². The van der Waals surface area contributed by atoms with Gasteiger partial charge in [0.1, 0.15) is 5.75 Å². The molecule has 0 aliphatic rings. The predicted octanol–water partition coefficient (Wildman–Crippen LogP) is 5.55. The molecule has 0 saturated heterocycles. The lowest BCUT2D eigenvalue weighted by atomic mass is 10.2. The van der Waals surface area contributed by atoms with Crippen molar-refractivity contribution in [3.63, 3.8) is 0 Å². The van der Waals surface area contributed by atoms with Crippen LogP contribution in [0.25, 0.3) is 0 Å². The number of nitrogens with zero attached hydrogens (tertiary/aromatic N) is 1. The highest BCUT2D eigenvalue weighted by Crippen LogP contribution is 2.33. The molecule has 2 aromatic rings. The van der Waals surface area contributed by atoms with E-state index in [-0.39, 0.29) is 0 Å². The molecule has 2 rings (SSSR count). The average molecular weight is 435 g/mol. The van der Waals surface area contributed by atoms with Gasteiger partial charge in [0, 0.05) is 33.8 Å². The maximum absolute atomic E-state index is 5.94. The van der Waals surface area contributed by atoms with Crippen LogP contribution in [0.3, 0.4) is 0 Å². The summed E-state index contributed by atoms with van der Waals surface area (Å²) in [7, 11) is 0. The molecule has 0 fully saturated rings. The number of nitrogens with one attached hydrogen (secondary N) is 1. The first-order valence-corrected chi connectivity index (χ1v) is 8.43. The fourth-order valence-corrected chi connectivity index (χ4v) is 2.81. The Kier molecular flexibility index (Phi) is 6.05. The van der Waals surface area contributed by atoms with Gasteiger partial charge in [-0.2, -0.15) is 0 Å². The number of rotatable bonds is 5. The molecule has 21 heavy (non-hydrogen) atoms. The highest BCUT2D eigenvalue weighted by Gasteiger charge is 2.10. The van der Waals surface area contributed by atoms with Crippen LogP contribution in [0.1, 0.15) is 19.4 Å². The van der Waals surface area contributed by atoms with Crippen molar-refractivity contribution in [2.45, 2.75) is 26.4 Å². The summed E-state index contributed by atoms with van der Waals surface area (Å²) in [5.74, 6) is 1.26. The van der Waals surface area contributed by atoms with Crippen molar-refractivity contribution < 1.29 is 4.74 Å². The van der Waals surface area contributed by atoms with Crippen LogP contribution >= 0.6 is 43.5 Å². The van der Waals surface area contributed by atoms with Gasteiger partial charge in [0.25, 0.3) is 0 Å². The maximum Gasteiger partial charge on any atom is 0.223 e. The van der Waals surface area contributed by atoms with Gasteiger partial charge in [-0.05, 0) is 56.1 Å². The summed E-state index contributed by atoms with van der Waals surface area (Å²) in [6.07, 6.45) is 1.72. The molecule has 0 unspecified atom stereocenters. The van der Waals surface area contributed by atoms with Gasteiger partial charge in [-0.25, -0.2) is 4.98 Å². The van der Waals surface area contributed by atoms with Crippen LogP contribution in [-0.4, -0.2) is 11.0 Å². The monoisotopic (exact) mass is 432 g/mol. The van der Waals surface area contributed by atoms with E-state index in [4.69, 9.17) is 16.3 Å². The van der Waals surface area contributed by atoms with Gasteiger partial charge in [0.2, 0.25) is 5.88 Å². The SMILES string of the molecule is CC(C)NCc1cc(Br)cnc1Oc1ccc(Cl)cc1Br. The summed E-state index contributed by atoms with van der Waals surface area (Å²) < 4.78 is 7.62. The molecule has 0 amide bonds. The zero-order chi connectivity index (χ0) is 15.4. The summed E-state index contributed by atoms with van der Waals surface area (Å²) in [6, 6.07) is 7.78. The second-order valence-electron chi connectivity index (χ2n) is 4.83. The summed E-state index contributed by atoms with van der Waals surface area (Å²) in [6.45, 7) is 4.88. The zero-order valence-electron chi connectivity index (χ0n) is 11.7. The minimum Gasteiger partial charge on any atom is -0.438 e. The van der Waals surface area contributed by atoms with E-state index in [1.54, 1.807) is 18.3 Å². The largest absolute Gasteiger partial charge is 0.438 e. The van der Waals surface area contributed by atoms with Crippen molar-refractivity contribution in [2.24, 2.45) is 0 Å². The molecule has 1 aromatic carbocycles. The lowest BCUT2D eigenvalue weighted by Crippen LogP contribution is -2.22. The molecule has 0 bridgehead atoms. The molecule has 0 radical (unpaired) electrons. The maximum atomic E-state index is 5.94. The predicted molar refractivity (Wildman–Crippen MR) is 93.1 cm³/mol. The van der Waals surface area contributed by atoms with E-state index in [0.29, 0.717) is 29.2 Å². The number of hydrogen-bond acceptors (Lipinski definition) is 3. The molecule has 0 aliphatic heterocycles. The quantitative estimate of drug-likeness (QED) is 0.670. The first-order valence-electron chi connectivity index (χ1n) is 6.46. The van der Waals surface area contributed by atoms with E-state index in [2.05, 4.69) is 56.0 Å². The number of halogens is 3. The Morgan fingerprint density at radius 2 is 2.05 bits per heavy atom. The summed E-state index contributed by atoms with van der Waals surface area (Å²) in [4.78, 5) is 4.35. The molecule has 6 heteroatoms. The molecule has 0 saturated carbocycles. The summed E-state index contributed by atoms with van der Waals surface area (Å²) in [5.41, 5.74) is 0.986. The fraction of sp³-hybridized carbons (Fsp3) is 0.267. The van der Waals surface area contributed by atoms with Crippen LogP contribution < -0.4 is 10.1 Å². The van der Waals surface area contributed by atoms with Crippen LogP contribution in [0.5, 0.6) is 11.6 Å². The minimum absolute atomic E-state index is 0.388. The van der Waals surface area contributed by atoms with E-state index in [0.717, 1.165) is 14.5 Å². The van der Waals surface area contributed by atoms with Gasteiger partial charge in [0.05, 0.1) is 4.47 Å². The van der Waals surface area contributed by atoms with Crippen LogP contribution in [0, 0.1) is 0 Å².